The van der Waals surface area contributed by atoms with Crippen molar-refractivity contribution >= 4 is 28.4 Å². The van der Waals surface area contributed by atoms with Gasteiger partial charge in [0.2, 0.25) is 5.91 Å². The SMILES string of the molecule is CCN(Cc1cccc(NC(=O)Cn2ccc3cc(OC)ccc32)c1)C(=O)C(F)(F)F. The molecule has 3 aromatic rings. The number of rotatable bonds is 7. The second-order valence-corrected chi connectivity index (χ2v) is 6.93. The van der Waals surface area contributed by atoms with Crippen LogP contribution in [0.3, 0.4) is 0 Å². The molecular formula is C22H22F3N3O3. The third-order valence-electron chi connectivity index (χ3n) is 4.79. The molecule has 0 spiro atoms. The lowest BCUT2D eigenvalue weighted by Crippen LogP contribution is -2.40. The normalized spacial score (nSPS) is 11.4. The first-order chi connectivity index (χ1) is 14.7. The predicted octanol–water partition coefficient (Wildman–Crippen LogP) is 4.20. The summed E-state index contributed by atoms with van der Waals surface area (Å²) in [5.74, 6) is -1.46. The van der Waals surface area contributed by atoms with Gasteiger partial charge in [0.1, 0.15) is 12.3 Å². The van der Waals surface area contributed by atoms with Gasteiger partial charge in [0, 0.05) is 35.9 Å². The van der Waals surface area contributed by atoms with Crippen LogP contribution in [0.25, 0.3) is 10.9 Å². The van der Waals surface area contributed by atoms with Crippen molar-refractivity contribution in [2.75, 3.05) is 19.0 Å². The zero-order valence-electron chi connectivity index (χ0n) is 17.1. The fourth-order valence-corrected chi connectivity index (χ4v) is 3.27. The third-order valence-corrected chi connectivity index (χ3v) is 4.79. The zero-order valence-corrected chi connectivity index (χ0v) is 17.1. The number of amides is 2. The summed E-state index contributed by atoms with van der Waals surface area (Å²) in [6.45, 7) is 1.25. The topological polar surface area (TPSA) is 63.6 Å². The molecule has 1 aromatic heterocycles. The molecule has 1 heterocycles. The number of anilines is 1. The van der Waals surface area contributed by atoms with E-state index in [-0.39, 0.29) is 25.5 Å². The number of benzene rings is 2. The molecule has 0 saturated carbocycles. The first kappa shape index (κ1) is 22.2. The van der Waals surface area contributed by atoms with E-state index in [0.717, 1.165) is 16.7 Å². The highest BCUT2D eigenvalue weighted by molar-refractivity contribution is 5.92. The Morgan fingerprint density at radius 1 is 1.13 bits per heavy atom. The van der Waals surface area contributed by atoms with Gasteiger partial charge in [0.05, 0.1) is 7.11 Å². The number of fused-ring (bicyclic) bond motifs is 1. The van der Waals surface area contributed by atoms with Gasteiger partial charge in [0.25, 0.3) is 0 Å². The van der Waals surface area contributed by atoms with Crippen LogP contribution in [-0.4, -0.2) is 41.1 Å². The number of hydrogen-bond donors (Lipinski definition) is 1. The number of nitrogens with zero attached hydrogens (tertiary/aromatic N) is 2. The van der Waals surface area contributed by atoms with Crippen LogP contribution in [0.5, 0.6) is 5.75 Å². The van der Waals surface area contributed by atoms with Crippen molar-refractivity contribution in [1.82, 2.24) is 9.47 Å². The molecule has 0 bridgehead atoms. The lowest BCUT2D eigenvalue weighted by atomic mass is 10.2. The van der Waals surface area contributed by atoms with E-state index in [1.165, 1.54) is 6.92 Å². The largest absolute Gasteiger partial charge is 0.497 e. The number of methoxy groups -OCH3 is 1. The molecule has 0 aliphatic heterocycles. The van der Waals surface area contributed by atoms with Gasteiger partial charge in [0.15, 0.2) is 0 Å². The van der Waals surface area contributed by atoms with Crippen LogP contribution in [0.4, 0.5) is 18.9 Å². The molecule has 2 amide bonds. The molecule has 9 heteroatoms. The van der Waals surface area contributed by atoms with E-state index < -0.39 is 12.1 Å². The number of halogens is 3. The maximum absolute atomic E-state index is 12.7. The van der Waals surface area contributed by atoms with Gasteiger partial charge in [-0.2, -0.15) is 13.2 Å². The number of hydrogen-bond acceptors (Lipinski definition) is 3. The maximum atomic E-state index is 12.7. The van der Waals surface area contributed by atoms with Crippen LogP contribution in [-0.2, 0) is 22.7 Å². The van der Waals surface area contributed by atoms with Crippen LogP contribution < -0.4 is 10.1 Å². The monoisotopic (exact) mass is 433 g/mol. The third kappa shape index (κ3) is 5.36. The van der Waals surface area contributed by atoms with Crippen molar-refractivity contribution in [3.05, 3.63) is 60.3 Å². The van der Waals surface area contributed by atoms with Gasteiger partial charge in [-0.25, -0.2) is 0 Å². The second kappa shape index (κ2) is 9.11. The molecule has 1 N–H and O–H groups in total. The van der Waals surface area contributed by atoms with E-state index in [2.05, 4.69) is 5.32 Å². The summed E-state index contributed by atoms with van der Waals surface area (Å²) in [7, 11) is 1.58. The molecular weight excluding hydrogens is 411 g/mol. The summed E-state index contributed by atoms with van der Waals surface area (Å²) in [6, 6.07) is 13.8. The van der Waals surface area contributed by atoms with Crippen molar-refractivity contribution in [3.8, 4) is 5.75 Å². The van der Waals surface area contributed by atoms with E-state index in [1.807, 2.05) is 24.3 Å². The fraction of sp³-hybridized carbons (Fsp3) is 0.273. The summed E-state index contributed by atoms with van der Waals surface area (Å²) in [5.41, 5.74) is 1.79. The Morgan fingerprint density at radius 2 is 1.90 bits per heavy atom. The lowest BCUT2D eigenvalue weighted by molar-refractivity contribution is -0.185. The van der Waals surface area contributed by atoms with Gasteiger partial charge in [-0.1, -0.05) is 12.1 Å². The molecule has 0 radical (unpaired) electrons. The van der Waals surface area contributed by atoms with E-state index >= 15 is 0 Å². The summed E-state index contributed by atoms with van der Waals surface area (Å²) in [5, 5.41) is 3.68. The standard InChI is InChI=1S/C22H22F3N3O3/c1-3-27(21(30)22(23,24)25)13-15-5-4-6-17(11-15)26-20(29)14-28-10-9-16-12-18(31-2)7-8-19(16)28/h4-12H,3,13-14H2,1-2H3,(H,26,29). The Bertz CT molecular complexity index is 1090. The highest BCUT2D eigenvalue weighted by Gasteiger charge is 2.41. The Labute approximate surface area is 177 Å². The molecule has 0 saturated heterocycles. The van der Waals surface area contributed by atoms with Crippen LogP contribution >= 0.6 is 0 Å². The second-order valence-electron chi connectivity index (χ2n) is 6.93. The number of carbonyl (C=O) groups excluding carboxylic acids is 2. The highest BCUT2D eigenvalue weighted by atomic mass is 19.4. The van der Waals surface area contributed by atoms with Gasteiger partial charge < -0.3 is 19.5 Å². The first-order valence-corrected chi connectivity index (χ1v) is 9.59. The molecule has 31 heavy (non-hydrogen) atoms. The first-order valence-electron chi connectivity index (χ1n) is 9.59. The van der Waals surface area contributed by atoms with E-state index in [9.17, 15) is 22.8 Å². The van der Waals surface area contributed by atoms with Crippen molar-refractivity contribution in [1.29, 1.82) is 0 Å². The Morgan fingerprint density at radius 3 is 2.58 bits per heavy atom. The van der Waals surface area contributed by atoms with Gasteiger partial charge in [-0.15, -0.1) is 0 Å². The Hall–Kier alpha value is -3.49. The Balaban J connectivity index is 1.68. The smallest absolute Gasteiger partial charge is 0.471 e. The molecule has 3 rings (SSSR count). The average molecular weight is 433 g/mol. The van der Waals surface area contributed by atoms with Crippen LogP contribution in [0, 0.1) is 0 Å². The van der Waals surface area contributed by atoms with E-state index in [0.29, 0.717) is 16.2 Å². The molecule has 0 atom stereocenters. The van der Waals surface area contributed by atoms with Crippen LogP contribution in [0.2, 0.25) is 0 Å². The molecule has 0 aliphatic carbocycles. The fourth-order valence-electron chi connectivity index (χ4n) is 3.27. The molecule has 0 unspecified atom stereocenters. The summed E-state index contributed by atoms with van der Waals surface area (Å²) < 4.78 is 45.1. The molecule has 6 nitrogen and oxygen atoms in total. The average Bonchev–Trinajstić information content (AvgIpc) is 3.12. The summed E-state index contributed by atoms with van der Waals surface area (Å²) in [4.78, 5) is 24.7. The highest BCUT2D eigenvalue weighted by Crippen LogP contribution is 2.23. The number of alkyl halides is 3. The van der Waals surface area contributed by atoms with Crippen LogP contribution in [0.1, 0.15) is 12.5 Å². The Kier molecular flexibility index (Phi) is 6.53. The number of nitrogens with one attached hydrogen (secondary N) is 1. The van der Waals surface area contributed by atoms with Crippen molar-refractivity contribution in [3.63, 3.8) is 0 Å². The maximum Gasteiger partial charge on any atom is 0.471 e. The summed E-state index contributed by atoms with van der Waals surface area (Å²) in [6.07, 6.45) is -3.13. The lowest BCUT2D eigenvalue weighted by Gasteiger charge is -2.22. The predicted molar refractivity (Wildman–Crippen MR) is 111 cm³/mol. The van der Waals surface area contributed by atoms with Gasteiger partial charge in [-0.3, -0.25) is 9.59 Å². The number of aromatic nitrogens is 1. The van der Waals surface area contributed by atoms with Crippen LogP contribution in [0.15, 0.2) is 54.7 Å². The molecule has 0 fully saturated rings. The van der Waals surface area contributed by atoms with Crippen molar-refractivity contribution in [2.24, 2.45) is 0 Å². The van der Waals surface area contributed by atoms with Gasteiger partial charge in [-0.05, 0) is 48.9 Å². The zero-order chi connectivity index (χ0) is 22.6. The molecule has 0 aliphatic rings. The minimum absolute atomic E-state index is 0.0632. The number of carbonyl (C=O) groups is 2. The summed E-state index contributed by atoms with van der Waals surface area (Å²) >= 11 is 0. The van der Waals surface area contributed by atoms with E-state index in [1.54, 1.807) is 42.1 Å². The van der Waals surface area contributed by atoms with Gasteiger partial charge >= 0.3 is 12.1 Å². The molecule has 2 aromatic carbocycles. The quantitative estimate of drug-likeness (QED) is 0.608. The minimum Gasteiger partial charge on any atom is -0.497 e. The molecule has 164 valence electrons. The van der Waals surface area contributed by atoms with Crippen molar-refractivity contribution < 1.29 is 27.5 Å². The van der Waals surface area contributed by atoms with E-state index in [4.69, 9.17) is 4.74 Å². The number of ether oxygens (including phenoxy) is 1. The minimum atomic E-state index is -4.93. The van der Waals surface area contributed by atoms with Crippen molar-refractivity contribution in [2.45, 2.75) is 26.2 Å².